The number of nitrogens with one attached hydrogen (secondary N) is 2. The van der Waals surface area contributed by atoms with Crippen LogP contribution >= 0.6 is 0 Å². The van der Waals surface area contributed by atoms with Gasteiger partial charge in [-0.1, -0.05) is 12.1 Å². The van der Waals surface area contributed by atoms with Gasteiger partial charge in [-0.2, -0.15) is 0 Å². The van der Waals surface area contributed by atoms with E-state index in [0.717, 1.165) is 33.7 Å². The summed E-state index contributed by atoms with van der Waals surface area (Å²) in [6.45, 7) is 5.17. The van der Waals surface area contributed by atoms with E-state index in [2.05, 4.69) is 15.3 Å². The number of aromatic nitrogens is 4. The average Bonchev–Trinajstić information content (AvgIpc) is 3.47. The minimum Gasteiger partial charge on any atom is -0.508 e. The fourth-order valence-electron chi connectivity index (χ4n) is 4.35. The van der Waals surface area contributed by atoms with Crippen LogP contribution in [0.25, 0.3) is 22.1 Å². The van der Waals surface area contributed by atoms with Crippen LogP contribution in [0.3, 0.4) is 0 Å². The second kappa shape index (κ2) is 10.2. The third-order valence-electron chi connectivity index (χ3n) is 6.25. The van der Waals surface area contributed by atoms with Gasteiger partial charge in [-0.05, 0) is 56.3 Å². The lowest BCUT2D eigenvalue weighted by molar-refractivity contribution is 0.0947. The van der Waals surface area contributed by atoms with Gasteiger partial charge in [0.2, 0.25) is 0 Å². The molecule has 0 aliphatic rings. The third-order valence-corrected chi connectivity index (χ3v) is 6.25. The molecule has 2 aromatic heterocycles. The van der Waals surface area contributed by atoms with Crippen LogP contribution in [0.2, 0.25) is 0 Å². The van der Waals surface area contributed by atoms with Gasteiger partial charge in [-0.3, -0.25) is 4.79 Å². The Kier molecular flexibility index (Phi) is 6.68. The van der Waals surface area contributed by atoms with Gasteiger partial charge in [0.25, 0.3) is 5.91 Å². The van der Waals surface area contributed by atoms with Crippen LogP contribution in [0.5, 0.6) is 17.2 Å². The van der Waals surface area contributed by atoms with E-state index in [9.17, 15) is 9.90 Å². The summed E-state index contributed by atoms with van der Waals surface area (Å²) in [5.41, 5.74) is 3.74. The molecular weight excluding hydrogens is 470 g/mol. The summed E-state index contributed by atoms with van der Waals surface area (Å²) in [6.07, 6.45) is 0. The van der Waals surface area contributed by atoms with Crippen LogP contribution in [0.4, 0.5) is 0 Å². The van der Waals surface area contributed by atoms with Crippen molar-refractivity contribution in [1.82, 2.24) is 24.8 Å². The van der Waals surface area contributed by atoms with E-state index in [0.29, 0.717) is 36.8 Å². The van der Waals surface area contributed by atoms with Crippen molar-refractivity contribution in [1.29, 1.82) is 0 Å². The Labute approximate surface area is 214 Å². The summed E-state index contributed by atoms with van der Waals surface area (Å²) in [7, 11) is 1.93. The number of H-pyrrole nitrogens is 1. The number of aromatic amines is 1. The number of amides is 1. The molecule has 3 N–H and O–H groups in total. The van der Waals surface area contributed by atoms with Gasteiger partial charge in [0.1, 0.15) is 24.0 Å². The van der Waals surface area contributed by atoms with Crippen LogP contribution in [0.15, 0.2) is 60.7 Å². The maximum atomic E-state index is 12.8. The first-order chi connectivity index (χ1) is 17.9. The predicted molar refractivity (Wildman–Crippen MR) is 141 cm³/mol. The molecule has 1 unspecified atom stereocenters. The first-order valence-corrected chi connectivity index (χ1v) is 12.2. The number of benzene rings is 3. The number of carbonyl (C=O) groups is 1. The fourth-order valence-corrected chi connectivity index (χ4v) is 4.35. The summed E-state index contributed by atoms with van der Waals surface area (Å²) < 4.78 is 13.3. The van der Waals surface area contributed by atoms with Crippen molar-refractivity contribution in [3.05, 3.63) is 77.9 Å². The van der Waals surface area contributed by atoms with Crippen molar-refractivity contribution < 1.29 is 19.4 Å². The summed E-state index contributed by atoms with van der Waals surface area (Å²) in [6, 6.07) is 18.0. The second-order valence-corrected chi connectivity index (χ2v) is 8.76. The van der Waals surface area contributed by atoms with E-state index in [1.54, 1.807) is 24.3 Å². The van der Waals surface area contributed by atoms with Crippen LogP contribution in [0.1, 0.15) is 41.8 Å². The molecule has 9 heteroatoms. The van der Waals surface area contributed by atoms with E-state index < -0.39 is 0 Å². The number of imidazole rings is 2. The molecule has 5 aromatic rings. The average molecular weight is 500 g/mol. The molecule has 37 heavy (non-hydrogen) atoms. The highest BCUT2D eigenvalue weighted by Gasteiger charge is 2.20. The molecule has 0 radical (unpaired) electrons. The molecule has 1 amide bonds. The van der Waals surface area contributed by atoms with E-state index in [1.807, 2.05) is 61.9 Å². The number of aromatic hydroxyl groups is 1. The minimum atomic E-state index is -0.184. The van der Waals surface area contributed by atoms with Crippen LogP contribution in [-0.4, -0.2) is 50.3 Å². The quantitative estimate of drug-likeness (QED) is 0.257. The van der Waals surface area contributed by atoms with Gasteiger partial charge in [0, 0.05) is 18.7 Å². The fraction of sp³-hybridized carbons (Fsp3) is 0.250. The van der Waals surface area contributed by atoms with E-state index in [-0.39, 0.29) is 17.6 Å². The largest absolute Gasteiger partial charge is 0.508 e. The first kappa shape index (κ1) is 24.2. The number of nitrogens with zero attached hydrogens (tertiary/aromatic N) is 3. The second-order valence-electron chi connectivity index (χ2n) is 8.76. The van der Waals surface area contributed by atoms with Crippen molar-refractivity contribution in [2.45, 2.75) is 19.8 Å². The Hall–Kier alpha value is -4.53. The van der Waals surface area contributed by atoms with Gasteiger partial charge < -0.3 is 29.4 Å². The van der Waals surface area contributed by atoms with Gasteiger partial charge in [-0.15, -0.1) is 0 Å². The zero-order chi connectivity index (χ0) is 25.9. The lowest BCUT2D eigenvalue weighted by atomic mass is 10.1. The normalized spacial score (nSPS) is 12.1. The van der Waals surface area contributed by atoms with Crippen molar-refractivity contribution >= 4 is 28.0 Å². The summed E-state index contributed by atoms with van der Waals surface area (Å²) in [4.78, 5) is 25.6. The smallest absolute Gasteiger partial charge is 0.251 e. The number of phenols is 1. The molecule has 5 rings (SSSR count). The summed E-state index contributed by atoms with van der Waals surface area (Å²) in [5.74, 6) is 2.78. The zero-order valence-electron chi connectivity index (χ0n) is 21.0. The topological polar surface area (TPSA) is 114 Å². The van der Waals surface area contributed by atoms with E-state index in [1.165, 1.54) is 0 Å². The van der Waals surface area contributed by atoms with Gasteiger partial charge in [0.15, 0.2) is 11.5 Å². The molecule has 0 spiro atoms. The van der Waals surface area contributed by atoms with Crippen molar-refractivity contribution in [3.63, 3.8) is 0 Å². The zero-order valence-corrected chi connectivity index (χ0v) is 21.0. The number of para-hydroxylation sites is 2. The van der Waals surface area contributed by atoms with E-state index >= 15 is 0 Å². The number of aryl methyl sites for hydroxylation is 1. The molecular formula is C28H29N5O4. The maximum absolute atomic E-state index is 12.8. The molecule has 0 bridgehead atoms. The molecule has 0 saturated heterocycles. The van der Waals surface area contributed by atoms with E-state index in [4.69, 9.17) is 14.5 Å². The minimum absolute atomic E-state index is 0.124. The predicted octanol–water partition coefficient (Wildman–Crippen LogP) is 4.51. The first-order valence-electron chi connectivity index (χ1n) is 12.2. The molecule has 1 atom stereocenters. The Bertz CT molecular complexity index is 1570. The lowest BCUT2D eigenvalue weighted by Gasteiger charge is -2.12. The molecule has 0 fully saturated rings. The maximum Gasteiger partial charge on any atom is 0.251 e. The van der Waals surface area contributed by atoms with Crippen molar-refractivity contribution in [2.75, 3.05) is 19.8 Å². The monoisotopic (exact) mass is 499 g/mol. The van der Waals surface area contributed by atoms with Gasteiger partial charge >= 0.3 is 0 Å². The number of fused-ring (bicyclic) bond motifs is 2. The highest BCUT2D eigenvalue weighted by molar-refractivity contribution is 5.97. The molecule has 0 saturated carbocycles. The molecule has 190 valence electrons. The Morgan fingerprint density at radius 1 is 1.05 bits per heavy atom. The summed E-state index contributed by atoms with van der Waals surface area (Å²) in [5, 5.41) is 12.7. The number of rotatable bonds is 9. The number of ether oxygens (including phenoxy) is 2. The van der Waals surface area contributed by atoms with Crippen molar-refractivity contribution in [3.8, 4) is 17.2 Å². The number of phenolic OH excluding ortho intramolecular Hbond substituents is 1. The highest BCUT2D eigenvalue weighted by Crippen LogP contribution is 2.28. The number of hydrogen-bond acceptors (Lipinski definition) is 6. The molecule has 9 nitrogen and oxygen atoms in total. The molecule has 0 aliphatic carbocycles. The van der Waals surface area contributed by atoms with Gasteiger partial charge in [-0.25, -0.2) is 9.97 Å². The standard InChI is InChI=1S/C28H29N5O4/c1-4-36-24-7-5-6-8-25(24)37-14-13-29-28(35)18-9-11-21-23(15-18)33(3)27(32-21)17(2)26-30-20-12-10-19(34)16-22(20)31-26/h5-12,15-17,34H,4,13-14H2,1-3H3,(H,29,35)(H,30,31). The van der Waals surface area contributed by atoms with Crippen molar-refractivity contribution in [2.24, 2.45) is 7.05 Å². The molecule has 3 aromatic carbocycles. The lowest BCUT2D eigenvalue weighted by Crippen LogP contribution is -2.28. The summed E-state index contributed by atoms with van der Waals surface area (Å²) >= 11 is 0. The Morgan fingerprint density at radius 2 is 1.81 bits per heavy atom. The highest BCUT2D eigenvalue weighted by atomic mass is 16.5. The number of carbonyl (C=O) groups excluding carboxylic acids is 1. The Balaban J connectivity index is 1.27. The van der Waals surface area contributed by atoms with Crippen LogP contribution < -0.4 is 14.8 Å². The Morgan fingerprint density at radius 3 is 2.59 bits per heavy atom. The SMILES string of the molecule is CCOc1ccccc1OCCNC(=O)c1ccc2nc(C(C)c3nc4ccc(O)cc4[nH]3)n(C)c2c1. The molecule has 0 aliphatic heterocycles. The number of hydrogen-bond donors (Lipinski definition) is 3. The van der Waals surface area contributed by atoms with Gasteiger partial charge in [0.05, 0.1) is 41.1 Å². The van der Waals surface area contributed by atoms with Crippen LogP contribution in [-0.2, 0) is 7.05 Å². The molecule has 2 heterocycles. The van der Waals surface area contributed by atoms with Crippen LogP contribution in [0, 0.1) is 0 Å². The third kappa shape index (κ3) is 4.93.